The molecule has 76 valence electrons. The third-order valence-electron chi connectivity index (χ3n) is 1.28. The number of carboxylic acids is 1. The van der Waals surface area contributed by atoms with Crippen molar-refractivity contribution in [2.45, 2.75) is 24.1 Å². The van der Waals surface area contributed by atoms with Crippen LogP contribution in [0.5, 0.6) is 0 Å². The van der Waals surface area contributed by atoms with E-state index in [2.05, 4.69) is 12.6 Å². The lowest BCUT2D eigenvalue weighted by atomic mass is 10.3. The van der Waals surface area contributed by atoms with Crippen molar-refractivity contribution in [1.29, 1.82) is 0 Å². The van der Waals surface area contributed by atoms with E-state index in [0.717, 1.165) is 0 Å². The van der Waals surface area contributed by atoms with Crippen molar-refractivity contribution in [3.8, 4) is 0 Å². The average molecular weight is 226 g/mol. The van der Waals surface area contributed by atoms with Crippen LogP contribution >= 0.6 is 21.1 Å². The summed E-state index contributed by atoms with van der Waals surface area (Å²) in [6.07, 6.45) is 0.655. The molecule has 0 fully saturated rings. The second-order valence-electron chi connectivity index (χ2n) is 2.35. The number of rotatable bonds is 6. The minimum absolute atomic E-state index is 0.249. The molecule has 0 bridgehead atoms. The van der Waals surface area contributed by atoms with Gasteiger partial charge in [0.25, 0.3) is 5.34 Å². The molecule has 0 heterocycles. The van der Waals surface area contributed by atoms with E-state index in [-0.39, 0.29) is 6.61 Å². The van der Waals surface area contributed by atoms with Crippen LogP contribution in [0.1, 0.15) is 13.3 Å². The molecule has 2 atom stereocenters. The Bertz CT molecular complexity index is 199. The van der Waals surface area contributed by atoms with Gasteiger partial charge >= 0.3 is 5.97 Å². The van der Waals surface area contributed by atoms with E-state index in [4.69, 9.17) is 9.84 Å². The Morgan fingerprint density at radius 2 is 2.31 bits per heavy atom. The Hall–Kier alpha value is -0.160. The summed E-state index contributed by atoms with van der Waals surface area (Å²) in [5, 5.41) is 15.3. The van der Waals surface area contributed by atoms with Gasteiger partial charge in [-0.2, -0.15) is 0 Å². The topological polar surface area (TPSA) is 83.8 Å². The van der Waals surface area contributed by atoms with Crippen LogP contribution in [0.3, 0.4) is 0 Å². The molecule has 2 unspecified atom stereocenters. The summed E-state index contributed by atoms with van der Waals surface area (Å²) >= 11 is 3.70. The molecule has 13 heavy (non-hydrogen) atoms. The Kier molecular flexibility index (Phi) is 5.48. The van der Waals surface area contributed by atoms with Crippen molar-refractivity contribution in [1.82, 2.24) is 0 Å². The monoisotopic (exact) mass is 226 g/mol. The van der Waals surface area contributed by atoms with E-state index in [1.165, 1.54) is 0 Å². The van der Waals surface area contributed by atoms with Gasteiger partial charge in [-0.25, -0.2) is 4.79 Å². The summed E-state index contributed by atoms with van der Waals surface area (Å²) in [5.74, 6) is -1.62. The average Bonchev–Trinajstić information content (AvgIpc) is 2.12. The molecule has 0 amide bonds. The highest BCUT2D eigenvalue weighted by atomic mass is 32.1. The first-order chi connectivity index (χ1) is 5.99. The number of carbonyl (C=O) groups is 1. The zero-order valence-corrected chi connectivity index (χ0v) is 8.79. The number of hydrogen-bond donors (Lipinski definition) is 3. The molecule has 0 saturated carbocycles. The lowest BCUT2D eigenvalue weighted by molar-refractivity contribution is -0.155. The highest BCUT2D eigenvalue weighted by Gasteiger charge is 2.45. The van der Waals surface area contributed by atoms with E-state index < -0.39 is 25.2 Å². The van der Waals surface area contributed by atoms with E-state index in [0.29, 0.717) is 6.42 Å². The highest BCUT2D eigenvalue weighted by Crippen LogP contribution is 2.28. The quantitative estimate of drug-likeness (QED) is 0.353. The number of hydrogen-bond acceptors (Lipinski definition) is 5. The van der Waals surface area contributed by atoms with Gasteiger partial charge in [0.2, 0.25) is 8.46 Å². The van der Waals surface area contributed by atoms with Gasteiger partial charge in [-0.3, -0.25) is 4.57 Å². The standard InChI is InChI=1S/C6H11O5PS/c1-2-3-11-5(13)6(9,12-10)4(7)8/h5,9,13H,2-3H2,1H3,(H,7,8). The Labute approximate surface area is 82.7 Å². The minimum Gasteiger partial charge on any atom is -0.478 e. The number of ether oxygens (including phenoxy) is 1. The second kappa shape index (κ2) is 5.54. The van der Waals surface area contributed by atoms with Gasteiger partial charge < -0.3 is 14.9 Å². The predicted molar refractivity (Wildman–Crippen MR) is 49.2 cm³/mol. The third-order valence-corrected chi connectivity index (χ3v) is 2.71. The molecule has 2 N–H and O–H groups in total. The molecule has 5 nitrogen and oxygen atoms in total. The van der Waals surface area contributed by atoms with Crippen molar-refractivity contribution < 1.29 is 24.3 Å². The van der Waals surface area contributed by atoms with E-state index in [1.54, 1.807) is 0 Å². The predicted octanol–water partition coefficient (Wildman–Crippen LogP) is 0.734. The smallest absolute Gasteiger partial charge is 0.351 e. The lowest BCUT2D eigenvalue weighted by Crippen LogP contribution is -2.43. The number of aliphatic hydroxyl groups is 1. The largest absolute Gasteiger partial charge is 0.478 e. The van der Waals surface area contributed by atoms with E-state index in [9.17, 15) is 14.5 Å². The molecule has 0 aliphatic carbocycles. The van der Waals surface area contributed by atoms with Crippen molar-refractivity contribution in [2.75, 3.05) is 6.61 Å². The normalized spacial score (nSPS) is 18.1. The molecule has 0 spiro atoms. The molecule has 7 heteroatoms. The Morgan fingerprint density at radius 3 is 2.62 bits per heavy atom. The van der Waals surface area contributed by atoms with Crippen LogP contribution in [0, 0.1) is 0 Å². The molecule has 0 aromatic heterocycles. The lowest BCUT2D eigenvalue weighted by Gasteiger charge is -2.22. The fourth-order valence-electron chi connectivity index (χ4n) is 0.535. The summed E-state index contributed by atoms with van der Waals surface area (Å²) in [6, 6.07) is 0. The van der Waals surface area contributed by atoms with E-state index in [1.807, 2.05) is 6.92 Å². The Balaban J connectivity index is 4.38. The maximum Gasteiger partial charge on any atom is 0.351 e. The van der Waals surface area contributed by atoms with Gasteiger partial charge in [0.15, 0.2) is 5.44 Å². The molecule has 0 radical (unpaired) electrons. The minimum atomic E-state index is -2.47. The summed E-state index contributed by atoms with van der Waals surface area (Å²) in [7, 11) is -0.939. The highest BCUT2D eigenvalue weighted by molar-refractivity contribution is 7.81. The summed E-state index contributed by atoms with van der Waals surface area (Å²) < 4.78 is 15.2. The maximum atomic E-state index is 10.5. The zero-order valence-electron chi connectivity index (χ0n) is 7.01. The molecule has 0 aromatic carbocycles. The van der Waals surface area contributed by atoms with Gasteiger partial charge in [-0.1, -0.05) is 6.92 Å². The first-order valence-corrected chi connectivity index (χ1v) is 4.91. The second-order valence-corrected chi connectivity index (χ2v) is 3.68. The summed E-state index contributed by atoms with van der Waals surface area (Å²) in [4.78, 5) is 10.5. The van der Waals surface area contributed by atoms with Crippen LogP contribution in [0.2, 0.25) is 0 Å². The molecular formula is C6H11O5PS. The summed E-state index contributed by atoms with van der Waals surface area (Å²) in [5.41, 5.74) is -1.30. The SMILES string of the molecule is CCCOC(S)C(O)(P=O)C(=O)O. The molecule has 0 aromatic rings. The first-order valence-electron chi connectivity index (χ1n) is 3.59. The fourth-order valence-corrected chi connectivity index (χ4v) is 1.14. The molecule has 0 aliphatic rings. The number of thiol groups is 1. The van der Waals surface area contributed by atoms with Gasteiger partial charge in [-0.15, -0.1) is 12.6 Å². The van der Waals surface area contributed by atoms with Crippen molar-refractivity contribution in [3.05, 3.63) is 0 Å². The Morgan fingerprint density at radius 1 is 1.77 bits per heavy atom. The third kappa shape index (κ3) is 3.23. The molecular weight excluding hydrogens is 215 g/mol. The van der Waals surface area contributed by atoms with Gasteiger partial charge in [0.1, 0.15) is 0 Å². The van der Waals surface area contributed by atoms with Crippen molar-refractivity contribution >= 4 is 27.1 Å². The number of carboxylic acid groups (broad SMARTS) is 1. The molecule has 0 rings (SSSR count). The summed E-state index contributed by atoms with van der Waals surface area (Å²) in [6.45, 7) is 2.06. The van der Waals surface area contributed by atoms with Crippen LogP contribution in [0.25, 0.3) is 0 Å². The van der Waals surface area contributed by atoms with Crippen LogP contribution in [-0.2, 0) is 14.1 Å². The zero-order chi connectivity index (χ0) is 10.5. The fraction of sp³-hybridized carbons (Fsp3) is 0.833. The maximum absolute atomic E-state index is 10.5. The van der Waals surface area contributed by atoms with E-state index >= 15 is 0 Å². The van der Waals surface area contributed by atoms with Gasteiger partial charge in [0.05, 0.1) is 0 Å². The van der Waals surface area contributed by atoms with Crippen molar-refractivity contribution in [2.24, 2.45) is 0 Å². The molecule has 0 aliphatic heterocycles. The molecule has 0 saturated heterocycles. The van der Waals surface area contributed by atoms with Crippen LogP contribution < -0.4 is 0 Å². The van der Waals surface area contributed by atoms with Crippen LogP contribution in [-0.4, -0.2) is 33.6 Å². The van der Waals surface area contributed by atoms with Gasteiger partial charge in [0, 0.05) is 6.61 Å². The first kappa shape index (κ1) is 12.8. The van der Waals surface area contributed by atoms with Crippen LogP contribution in [0.4, 0.5) is 0 Å². The van der Waals surface area contributed by atoms with Crippen molar-refractivity contribution in [3.63, 3.8) is 0 Å². The van der Waals surface area contributed by atoms with Crippen LogP contribution in [0.15, 0.2) is 0 Å². The number of aliphatic carboxylic acids is 1. The van der Waals surface area contributed by atoms with Gasteiger partial charge in [-0.05, 0) is 6.42 Å².